The maximum atomic E-state index is 12.9. The Morgan fingerprint density at radius 2 is 2.17 bits per heavy atom. The van der Waals surface area contributed by atoms with Crippen LogP contribution in [0, 0.1) is 10.1 Å². The van der Waals surface area contributed by atoms with Crippen LogP contribution in [0.4, 0.5) is 11.6 Å². The zero-order chi connectivity index (χ0) is 21.8. The number of anilines is 1. The molecular formula is C19H21N5O5S. The van der Waals surface area contributed by atoms with Gasteiger partial charge in [0.05, 0.1) is 16.0 Å². The number of nitro groups is 1. The van der Waals surface area contributed by atoms with Crippen molar-refractivity contribution in [1.82, 2.24) is 14.9 Å². The van der Waals surface area contributed by atoms with Gasteiger partial charge in [0.1, 0.15) is 22.7 Å². The Hall–Kier alpha value is -3.08. The molecule has 2 aliphatic heterocycles. The number of amides is 1. The molecule has 10 nitrogen and oxygen atoms in total. The van der Waals surface area contributed by atoms with Crippen LogP contribution in [-0.4, -0.2) is 54.4 Å². The van der Waals surface area contributed by atoms with E-state index in [1.807, 2.05) is 6.92 Å². The van der Waals surface area contributed by atoms with Gasteiger partial charge in [-0.15, -0.1) is 11.8 Å². The largest absolute Gasteiger partial charge is 0.455 e. The van der Waals surface area contributed by atoms with Crippen LogP contribution in [0.2, 0.25) is 0 Å². The standard InChI is InChI=1S/C19H21N5O5S/c1-9-8-30-16-13(15(25)23(16)14(9)17(26)29-19(2,3)4)22-18-20-11-6-5-10(24(27)28)7-12(11)21-18/h5-7,13,16H,8H2,1-4H3,(H2,20,21,22)/t13?,16-/m1/s1. The van der Waals surface area contributed by atoms with E-state index in [1.54, 1.807) is 38.6 Å². The van der Waals surface area contributed by atoms with Gasteiger partial charge in [-0.05, 0) is 39.3 Å². The van der Waals surface area contributed by atoms with Crippen LogP contribution in [0.1, 0.15) is 27.7 Å². The van der Waals surface area contributed by atoms with Gasteiger partial charge in [-0.2, -0.15) is 0 Å². The van der Waals surface area contributed by atoms with Crippen LogP contribution >= 0.6 is 11.8 Å². The minimum atomic E-state index is -0.660. The molecule has 2 N–H and O–H groups in total. The second-order valence-corrected chi connectivity index (χ2v) is 9.31. The summed E-state index contributed by atoms with van der Waals surface area (Å²) < 4.78 is 5.48. The number of aromatic amines is 1. The normalized spacial score (nSPS) is 21.3. The Morgan fingerprint density at radius 3 is 2.83 bits per heavy atom. The van der Waals surface area contributed by atoms with E-state index in [9.17, 15) is 19.7 Å². The van der Waals surface area contributed by atoms with Crippen molar-refractivity contribution in [3.05, 3.63) is 39.6 Å². The molecule has 158 valence electrons. The number of rotatable bonds is 4. The van der Waals surface area contributed by atoms with E-state index in [0.717, 1.165) is 5.57 Å². The molecule has 0 radical (unpaired) electrons. The number of β-lactam (4-membered cyclic amide) rings is 1. The number of thioether (sulfide) groups is 1. The van der Waals surface area contributed by atoms with E-state index >= 15 is 0 Å². The maximum absolute atomic E-state index is 12.9. The average molecular weight is 431 g/mol. The van der Waals surface area contributed by atoms with Crippen LogP contribution in [-0.2, 0) is 14.3 Å². The number of esters is 1. The topological polar surface area (TPSA) is 130 Å². The zero-order valence-corrected chi connectivity index (χ0v) is 17.7. The monoisotopic (exact) mass is 431 g/mol. The molecule has 4 rings (SSSR count). The van der Waals surface area contributed by atoms with Gasteiger partial charge in [0.15, 0.2) is 0 Å². The first-order valence-corrected chi connectivity index (χ1v) is 10.4. The molecule has 1 amide bonds. The quantitative estimate of drug-likeness (QED) is 0.327. The van der Waals surface area contributed by atoms with Gasteiger partial charge in [0.25, 0.3) is 11.6 Å². The van der Waals surface area contributed by atoms with Crippen molar-refractivity contribution >= 4 is 46.3 Å². The minimum Gasteiger partial charge on any atom is -0.455 e. The number of ether oxygens (including phenoxy) is 1. The molecular weight excluding hydrogens is 410 g/mol. The number of carbonyl (C=O) groups is 2. The van der Waals surface area contributed by atoms with E-state index in [0.29, 0.717) is 28.4 Å². The van der Waals surface area contributed by atoms with Crippen molar-refractivity contribution < 1.29 is 19.2 Å². The highest BCUT2D eigenvalue weighted by Gasteiger charge is 2.54. The fourth-order valence-electron chi connectivity index (χ4n) is 3.42. The number of aromatic nitrogens is 2. The van der Waals surface area contributed by atoms with Crippen LogP contribution < -0.4 is 5.32 Å². The summed E-state index contributed by atoms with van der Waals surface area (Å²) in [6.45, 7) is 7.17. The molecule has 0 bridgehead atoms. The third kappa shape index (κ3) is 3.49. The molecule has 0 spiro atoms. The lowest BCUT2D eigenvalue weighted by molar-refractivity contribution is -0.384. The first-order chi connectivity index (χ1) is 14.0. The predicted molar refractivity (Wildman–Crippen MR) is 112 cm³/mol. The highest BCUT2D eigenvalue weighted by Crippen LogP contribution is 2.41. The molecule has 1 aromatic heterocycles. The SMILES string of the molecule is CC1=C(C(=O)OC(C)(C)C)N2C(=O)C(Nc3nc4ccc([N+](=O)[O-])cc4[nH]3)[C@H]2SC1. The summed E-state index contributed by atoms with van der Waals surface area (Å²) in [6, 6.07) is 3.74. The lowest BCUT2D eigenvalue weighted by atomic mass is 10.0. The highest BCUT2D eigenvalue weighted by atomic mass is 32.2. The Balaban J connectivity index is 1.54. The van der Waals surface area contributed by atoms with Crippen LogP contribution in [0.25, 0.3) is 11.0 Å². The van der Waals surface area contributed by atoms with Gasteiger partial charge >= 0.3 is 5.97 Å². The van der Waals surface area contributed by atoms with Crippen molar-refractivity contribution in [2.24, 2.45) is 0 Å². The number of hydrogen-bond acceptors (Lipinski definition) is 8. The summed E-state index contributed by atoms with van der Waals surface area (Å²) in [5, 5.41) is 13.7. The van der Waals surface area contributed by atoms with Gasteiger partial charge in [-0.25, -0.2) is 9.78 Å². The molecule has 11 heteroatoms. The molecule has 1 fully saturated rings. The summed E-state index contributed by atoms with van der Waals surface area (Å²) in [7, 11) is 0. The van der Waals surface area contributed by atoms with E-state index in [2.05, 4.69) is 15.3 Å². The van der Waals surface area contributed by atoms with Crippen LogP contribution in [0.3, 0.4) is 0 Å². The van der Waals surface area contributed by atoms with Crippen molar-refractivity contribution in [2.45, 2.75) is 44.7 Å². The number of H-pyrrole nitrogens is 1. The van der Waals surface area contributed by atoms with Gasteiger partial charge < -0.3 is 15.0 Å². The van der Waals surface area contributed by atoms with E-state index in [-0.39, 0.29) is 17.0 Å². The maximum Gasteiger partial charge on any atom is 0.355 e. The number of hydrogen-bond donors (Lipinski definition) is 2. The Kier molecular flexibility index (Phi) is 4.72. The number of non-ortho nitro benzene ring substituents is 1. The zero-order valence-electron chi connectivity index (χ0n) is 16.9. The summed E-state index contributed by atoms with van der Waals surface area (Å²) in [5.74, 6) is 0.189. The number of imidazole rings is 1. The second-order valence-electron chi connectivity index (χ2n) is 8.21. The van der Waals surface area contributed by atoms with E-state index < -0.39 is 22.5 Å². The highest BCUT2D eigenvalue weighted by molar-refractivity contribution is 8.00. The van der Waals surface area contributed by atoms with Crippen molar-refractivity contribution in [3.8, 4) is 0 Å². The van der Waals surface area contributed by atoms with Gasteiger partial charge in [-0.1, -0.05) is 0 Å². The van der Waals surface area contributed by atoms with Crippen LogP contribution in [0.5, 0.6) is 0 Å². The molecule has 0 aliphatic carbocycles. The number of nitro benzene ring substituents is 1. The lowest BCUT2D eigenvalue weighted by Gasteiger charge is -2.49. The Morgan fingerprint density at radius 1 is 1.43 bits per heavy atom. The van der Waals surface area contributed by atoms with Crippen LogP contribution in [0.15, 0.2) is 29.5 Å². The smallest absolute Gasteiger partial charge is 0.355 e. The van der Waals surface area contributed by atoms with Crippen molar-refractivity contribution in [2.75, 3.05) is 11.1 Å². The second kappa shape index (κ2) is 7.01. The van der Waals surface area contributed by atoms with Crippen molar-refractivity contribution in [1.29, 1.82) is 0 Å². The number of nitrogens with one attached hydrogen (secondary N) is 2. The summed E-state index contributed by atoms with van der Waals surface area (Å²) in [6.07, 6.45) is 0. The number of carbonyl (C=O) groups excluding carboxylic acids is 2. The molecule has 0 saturated carbocycles. The molecule has 1 aromatic carbocycles. The summed E-state index contributed by atoms with van der Waals surface area (Å²) in [4.78, 5) is 44.8. The van der Waals surface area contributed by atoms with E-state index in [1.165, 1.54) is 17.0 Å². The molecule has 2 aromatic rings. The minimum absolute atomic E-state index is 0.0472. The first kappa shape index (κ1) is 20.2. The molecule has 30 heavy (non-hydrogen) atoms. The van der Waals surface area contributed by atoms with Gasteiger partial charge in [-0.3, -0.25) is 19.8 Å². The average Bonchev–Trinajstić information content (AvgIpc) is 3.06. The molecule has 3 heterocycles. The van der Waals surface area contributed by atoms with Gasteiger partial charge in [0.2, 0.25) is 5.95 Å². The lowest BCUT2D eigenvalue weighted by Crippen LogP contribution is -2.67. The summed E-state index contributed by atoms with van der Waals surface area (Å²) in [5.41, 5.74) is 1.44. The molecule has 2 aliphatic rings. The van der Waals surface area contributed by atoms with Crippen molar-refractivity contribution in [3.63, 3.8) is 0 Å². The first-order valence-electron chi connectivity index (χ1n) is 9.33. The fourth-order valence-corrected chi connectivity index (χ4v) is 4.71. The van der Waals surface area contributed by atoms with Gasteiger partial charge in [0, 0.05) is 17.9 Å². The Labute approximate surface area is 176 Å². The third-order valence-electron chi connectivity index (χ3n) is 4.72. The Bertz CT molecular complexity index is 1100. The predicted octanol–water partition coefficient (Wildman–Crippen LogP) is 2.78. The summed E-state index contributed by atoms with van der Waals surface area (Å²) >= 11 is 1.55. The molecule has 1 saturated heterocycles. The number of fused-ring (bicyclic) bond motifs is 2. The number of nitrogens with zero attached hydrogens (tertiary/aromatic N) is 3. The van der Waals surface area contributed by atoms with E-state index in [4.69, 9.17) is 4.74 Å². The molecule has 1 unspecified atom stereocenters. The molecule has 2 atom stereocenters. The third-order valence-corrected chi connectivity index (χ3v) is 6.14. The fraction of sp³-hybridized carbons (Fsp3) is 0.421. The number of benzene rings is 1.